The van der Waals surface area contributed by atoms with Crippen LogP contribution in [0.5, 0.6) is 0 Å². The van der Waals surface area contributed by atoms with Crippen LogP contribution in [0.25, 0.3) is 43.6 Å². The van der Waals surface area contributed by atoms with Crippen molar-refractivity contribution in [1.82, 2.24) is 39.5 Å². The number of fused-ring (bicyclic) bond motifs is 4. The zero-order chi connectivity index (χ0) is 58.3. The predicted molar refractivity (Wildman–Crippen MR) is 317 cm³/mol. The van der Waals surface area contributed by atoms with Crippen LogP contribution in [0.15, 0.2) is 97.6 Å². The molecule has 4 aromatic heterocycles. The van der Waals surface area contributed by atoms with Crippen molar-refractivity contribution in [2.24, 2.45) is 11.8 Å². The first-order chi connectivity index (χ1) is 40.2. The third-order valence-electron chi connectivity index (χ3n) is 17.8. The number of carbonyl (C=O) groups is 4. The summed E-state index contributed by atoms with van der Waals surface area (Å²) in [7, 11) is 1.54. The van der Waals surface area contributed by atoms with Gasteiger partial charge in [0.05, 0.1) is 0 Å². The lowest BCUT2D eigenvalue weighted by atomic mass is 9.89. The van der Waals surface area contributed by atoms with Gasteiger partial charge in [-0.1, -0.05) is 20.8 Å². The number of piperidine rings is 4. The Balaban J connectivity index is 0.000000124. The van der Waals surface area contributed by atoms with E-state index in [1.54, 1.807) is 6.07 Å². The molecule has 8 heterocycles. The number of methoxy groups -OCH3 is 1. The maximum absolute atomic E-state index is 13.2. The summed E-state index contributed by atoms with van der Waals surface area (Å²) in [5.74, 6) is 2.19. The van der Waals surface area contributed by atoms with E-state index in [0.29, 0.717) is 41.9 Å². The van der Waals surface area contributed by atoms with Crippen LogP contribution in [0, 0.1) is 35.1 Å². The first kappa shape index (κ1) is 58.8. The van der Waals surface area contributed by atoms with Crippen molar-refractivity contribution in [1.29, 1.82) is 0 Å². The second-order valence-electron chi connectivity index (χ2n) is 23.5. The molecular weight excluding hydrogens is 1060 g/mol. The summed E-state index contributed by atoms with van der Waals surface area (Å²) in [5, 5.41) is 4.40. The summed E-state index contributed by atoms with van der Waals surface area (Å²) in [4.78, 5) is 68.0. The number of hydrogen-bond donors (Lipinski definition) is 4. The molecule has 4 aromatic carbocycles. The number of ether oxygens (including phenoxy) is 1. The molecule has 1 saturated carbocycles. The Bertz CT molecular complexity index is 3420. The van der Waals surface area contributed by atoms with Gasteiger partial charge in [0.15, 0.2) is 0 Å². The second-order valence-corrected chi connectivity index (χ2v) is 23.5. The summed E-state index contributed by atoms with van der Waals surface area (Å²) >= 11 is 0. The number of H-pyrrole nitrogens is 4. The molecule has 13 rings (SSSR count). The molecule has 0 bridgehead atoms. The van der Waals surface area contributed by atoms with E-state index in [0.717, 1.165) is 160 Å². The molecule has 1 aliphatic carbocycles. The average molecular weight is 1140 g/mol. The fourth-order valence-corrected chi connectivity index (χ4v) is 12.9. The Morgan fingerprint density at radius 3 is 1.05 bits per heavy atom. The molecule has 0 atom stereocenters. The van der Waals surface area contributed by atoms with E-state index in [1.807, 2.05) is 89.4 Å². The Hall–Kier alpha value is -7.40. The minimum atomic E-state index is -0.226. The largest absolute Gasteiger partial charge is 0.375 e. The molecule has 13 nitrogen and oxygen atoms in total. The SMILES string of the molecule is CC(C)C(=O)N1CCC(c2c[nH]c3cc(F)ccc23)CC1.CCC(=O)N1CCC(c2c[nH]c3cc(F)ccc23)CC1.COCC(=O)N1CCC(c2c[nH]c3cc(F)ccc23)CC1.O=C(C1CC1)N1CCC(c2c[nH]c3cc(F)ccc23)CC1. The monoisotopic (exact) mass is 1140 g/mol. The maximum atomic E-state index is 13.2. The van der Waals surface area contributed by atoms with Crippen molar-refractivity contribution < 1.29 is 41.5 Å². The van der Waals surface area contributed by atoms with Crippen LogP contribution in [-0.4, -0.2) is 129 Å². The number of carbonyl (C=O) groups excluding carboxylic acids is 4. The van der Waals surface area contributed by atoms with Gasteiger partial charge in [0, 0.05) is 146 Å². The molecule has 0 radical (unpaired) electrons. The first-order valence-electron chi connectivity index (χ1n) is 29.8. The van der Waals surface area contributed by atoms with Gasteiger partial charge in [0.25, 0.3) is 0 Å². The van der Waals surface area contributed by atoms with Crippen molar-refractivity contribution >= 4 is 67.2 Å². The molecule has 4 saturated heterocycles. The van der Waals surface area contributed by atoms with Crippen molar-refractivity contribution in [3.05, 3.63) is 143 Å². The summed E-state index contributed by atoms with van der Waals surface area (Å²) < 4.78 is 57.8. The van der Waals surface area contributed by atoms with Crippen LogP contribution in [0.4, 0.5) is 17.6 Å². The molecule has 4 aliphatic heterocycles. The highest BCUT2D eigenvalue weighted by Gasteiger charge is 2.36. The first-order valence-corrected chi connectivity index (χ1v) is 29.8. The fraction of sp³-hybridized carbons (Fsp3) is 0.455. The zero-order valence-corrected chi connectivity index (χ0v) is 48.2. The van der Waals surface area contributed by atoms with Gasteiger partial charge >= 0.3 is 0 Å². The number of benzene rings is 4. The van der Waals surface area contributed by atoms with Crippen molar-refractivity contribution in [3.8, 4) is 0 Å². The van der Waals surface area contributed by atoms with Crippen LogP contribution >= 0.6 is 0 Å². The van der Waals surface area contributed by atoms with Crippen molar-refractivity contribution in [3.63, 3.8) is 0 Å². The molecule has 17 heteroatoms. The molecule has 0 unspecified atom stereocenters. The lowest BCUT2D eigenvalue weighted by molar-refractivity contribution is -0.136. The lowest BCUT2D eigenvalue weighted by Gasteiger charge is -2.33. The average Bonchev–Trinajstić information content (AvgIpc) is 4.02. The molecule has 5 fully saturated rings. The molecule has 4 amide bonds. The number of likely N-dealkylation sites (tertiary alicyclic amines) is 4. The topological polar surface area (TPSA) is 154 Å². The Morgan fingerprint density at radius 2 is 0.759 bits per heavy atom. The number of rotatable bonds is 9. The van der Waals surface area contributed by atoms with E-state index < -0.39 is 0 Å². The highest BCUT2D eigenvalue weighted by molar-refractivity contribution is 5.87. The number of nitrogens with zero attached hydrogens (tertiary/aromatic N) is 4. The maximum Gasteiger partial charge on any atom is 0.248 e. The summed E-state index contributed by atoms with van der Waals surface area (Å²) in [6.45, 7) is 12.4. The van der Waals surface area contributed by atoms with Crippen molar-refractivity contribution in [2.45, 2.75) is 115 Å². The Labute approximate surface area is 482 Å². The minimum Gasteiger partial charge on any atom is -0.375 e. The molecule has 440 valence electrons. The second kappa shape index (κ2) is 26.5. The van der Waals surface area contributed by atoms with Gasteiger partial charge in [-0.05, 0) is 183 Å². The summed E-state index contributed by atoms with van der Waals surface area (Å²) in [5.41, 5.74) is 8.40. The van der Waals surface area contributed by atoms with Crippen LogP contribution in [0.3, 0.4) is 0 Å². The number of halogens is 4. The zero-order valence-electron chi connectivity index (χ0n) is 48.2. The van der Waals surface area contributed by atoms with Crippen molar-refractivity contribution in [2.75, 3.05) is 66.1 Å². The van der Waals surface area contributed by atoms with Gasteiger partial charge < -0.3 is 44.3 Å². The Kier molecular flexibility index (Phi) is 18.7. The molecule has 8 aromatic rings. The van der Waals surface area contributed by atoms with Crippen LogP contribution in [0.2, 0.25) is 0 Å². The van der Waals surface area contributed by atoms with E-state index >= 15 is 0 Å². The quantitative estimate of drug-likeness (QED) is 0.106. The third kappa shape index (κ3) is 13.8. The van der Waals surface area contributed by atoms with Gasteiger partial charge in [-0.25, -0.2) is 17.6 Å². The Morgan fingerprint density at radius 1 is 0.458 bits per heavy atom. The number of nitrogens with one attached hydrogen (secondary N) is 4. The van der Waals surface area contributed by atoms with Gasteiger partial charge in [0.1, 0.15) is 29.9 Å². The van der Waals surface area contributed by atoms with Crippen LogP contribution in [-0.2, 0) is 23.9 Å². The van der Waals surface area contributed by atoms with Gasteiger partial charge in [-0.15, -0.1) is 0 Å². The van der Waals surface area contributed by atoms with E-state index in [9.17, 15) is 36.7 Å². The van der Waals surface area contributed by atoms with Gasteiger partial charge in [-0.2, -0.15) is 0 Å². The van der Waals surface area contributed by atoms with Gasteiger partial charge in [0.2, 0.25) is 23.6 Å². The normalized spacial score (nSPS) is 17.6. The minimum absolute atomic E-state index is 0.0527. The smallest absolute Gasteiger partial charge is 0.248 e. The standard InChI is InChI=1S/C17H19FN2O.C17H21FN2O.C16H19FN2O2.C16H19FN2O/c18-13-3-4-14-15(10-19-16(14)9-13)11-5-7-20(8-6-11)17(21)12-1-2-12;1-11(2)17(21)20-7-5-12(6-8-20)15-10-19-16-9-13(18)3-4-14(15)16;1-21-10-16(20)19-6-4-11(5-7-19)14-9-18-15-8-12(17)2-3-13(14)15;1-2-16(20)19-7-5-11(6-8-19)14-10-18-15-9-12(17)3-4-13(14)15/h3-4,9-12,19H,1-2,5-8H2;3-4,9-12,19H,5-8H2,1-2H3;2-3,8-9,11,18H,4-7,10H2,1H3;3-4,9-11,18H,2,5-8H2,1H3. The number of aromatic amines is 4. The van der Waals surface area contributed by atoms with Crippen LogP contribution < -0.4 is 0 Å². The number of aromatic nitrogens is 4. The highest BCUT2D eigenvalue weighted by Crippen LogP contribution is 2.39. The molecule has 4 N–H and O–H groups in total. The number of hydrogen-bond acceptors (Lipinski definition) is 5. The predicted octanol–water partition coefficient (Wildman–Crippen LogP) is 13.2. The third-order valence-corrected chi connectivity index (χ3v) is 17.8. The molecule has 83 heavy (non-hydrogen) atoms. The number of amides is 4. The van der Waals surface area contributed by atoms with E-state index in [2.05, 4.69) is 19.9 Å². The molecular formula is C66H78F4N8O5. The highest BCUT2D eigenvalue weighted by atomic mass is 19.1. The molecule has 0 spiro atoms. The van der Waals surface area contributed by atoms with E-state index in [4.69, 9.17) is 4.74 Å². The van der Waals surface area contributed by atoms with Crippen LogP contribution in [0.1, 0.15) is 137 Å². The summed E-state index contributed by atoms with van der Waals surface area (Å²) in [6, 6.07) is 19.6. The lowest BCUT2D eigenvalue weighted by Crippen LogP contribution is -2.40. The fourth-order valence-electron chi connectivity index (χ4n) is 12.9. The summed E-state index contributed by atoms with van der Waals surface area (Å²) in [6.07, 6.45) is 18.5. The molecule has 5 aliphatic rings. The van der Waals surface area contributed by atoms with Gasteiger partial charge in [-0.3, -0.25) is 19.2 Å². The van der Waals surface area contributed by atoms with E-state index in [-0.39, 0.29) is 53.5 Å². The van der Waals surface area contributed by atoms with E-state index in [1.165, 1.54) is 71.8 Å².